The van der Waals surface area contributed by atoms with Crippen molar-refractivity contribution in [3.63, 3.8) is 0 Å². The number of hydrogen-bond acceptors (Lipinski definition) is 1. The highest BCUT2D eigenvalue weighted by Gasteiger charge is 2.10. The van der Waals surface area contributed by atoms with Gasteiger partial charge in [0.2, 0.25) is 0 Å². The monoisotopic (exact) mass is 354 g/mol. The molecular weight excluding hydrogens is 347 g/mol. The van der Waals surface area contributed by atoms with Crippen molar-refractivity contribution in [2.45, 2.75) is 0 Å². The van der Waals surface area contributed by atoms with Gasteiger partial charge in [-0.2, -0.15) is 0 Å². The van der Waals surface area contributed by atoms with Crippen LogP contribution in [-0.4, -0.2) is 5.78 Å². The van der Waals surface area contributed by atoms with Crippen LogP contribution in [0.15, 0.2) is 59.1 Å². The van der Waals surface area contributed by atoms with E-state index in [1.54, 1.807) is 18.2 Å². The van der Waals surface area contributed by atoms with Gasteiger partial charge in [0.25, 0.3) is 0 Å². The Morgan fingerprint density at radius 3 is 2.47 bits per heavy atom. The van der Waals surface area contributed by atoms with Crippen LogP contribution in [0, 0.1) is 0 Å². The van der Waals surface area contributed by atoms with Gasteiger partial charge in [-0.15, -0.1) is 0 Å². The summed E-state index contributed by atoms with van der Waals surface area (Å²) in [5.74, 6) is -0.191. The summed E-state index contributed by atoms with van der Waals surface area (Å²) in [6, 6.07) is 14.4. The van der Waals surface area contributed by atoms with Crippen molar-refractivity contribution < 1.29 is 4.79 Å². The van der Waals surface area contributed by atoms with Gasteiger partial charge < -0.3 is 0 Å². The molecule has 0 aromatic heterocycles. The molecule has 19 heavy (non-hydrogen) atoms. The average Bonchev–Trinajstić information content (AvgIpc) is 2.42. The first kappa shape index (κ1) is 14.3. The maximum atomic E-state index is 12.2. The molecule has 0 spiro atoms. The minimum Gasteiger partial charge on any atom is -0.289 e. The third-order valence-corrected chi connectivity index (χ3v) is 3.76. The fraction of sp³-hybridized carbons (Fsp3) is 0. The predicted molar refractivity (Wildman–Crippen MR) is 83.8 cm³/mol. The van der Waals surface area contributed by atoms with Gasteiger partial charge in [-0.25, -0.2) is 0 Å². The number of benzene rings is 2. The zero-order valence-electron chi connectivity index (χ0n) is 9.74. The first-order valence-electron chi connectivity index (χ1n) is 5.50. The molecule has 0 bridgehead atoms. The van der Waals surface area contributed by atoms with Crippen LogP contribution in [0.5, 0.6) is 0 Å². The number of allylic oxidation sites excluding steroid dienone is 1. The van der Waals surface area contributed by atoms with Crippen molar-refractivity contribution in [3.05, 3.63) is 75.2 Å². The molecule has 2 aromatic rings. The van der Waals surface area contributed by atoms with E-state index < -0.39 is 0 Å². The van der Waals surface area contributed by atoms with Crippen LogP contribution in [0.4, 0.5) is 0 Å². The van der Waals surface area contributed by atoms with Gasteiger partial charge in [-0.05, 0) is 23.8 Å². The number of carbonyl (C=O) groups is 1. The number of hydrogen-bond donors (Lipinski definition) is 0. The van der Waals surface area contributed by atoms with E-state index in [0.29, 0.717) is 20.1 Å². The fourth-order valence-corrected chi connectivity index (χ4v) is 2.40. The molecule has 96 valence electrons. The summed E-state index contributed by atoms with van der Waals surface area (Å²) in [5, 5.41) is 0.910. The average molecular weight is 356 g/mol. The van der Waals surface area contributed by atoms with E-state index in [-0.39, 0.29) is 5.78 Å². The lowest BCUT2D eigenvalue weighted by atomic mass is 10.1. The Balaban J connectivity index is 2.33. The Morgan fingerprint density at radius 1 is 1.11 bits per heavy atom. The second kappa shape index (κ2) is 6.38. The van der Waals surface area contributed by atoms with Crippen molar-refractivity contribution in [1.29, 1.82) is 0 Å². The summed E-state index contributed by atoms with van der Waals surface area (Å²) in [4.78, 5) is 12.2. The molecule has 0 amide bonds. The Hall–Kier alpha value is -1.09. The molecule has 2 aromatic carbocycles. The van der Waals surface area contributed by atoms with E-state index in [0.717, 1.165) is 5.56 Å². The van der Waals surface area contributed by atoms with E-state index in [1.807, 2.05) is 30.3 Å². The Labute approximate surface area is 130 Å². The van der Waals surface area contributed by atoms with Crippen molar-refractivity contribution in [2.75, 3.05) is 0 Å². The summed E-state index contributed by atoms with van der Waals surface area (Å²) < 4.78 is 0.690. The third-order valence-electron chi connectivity index (χ3n) is 2.50. The molecule has 0 aliphatic rings. The minimum absolute atomic E-state index is 0.191. The standard InChI is InChI=1S/C15H9BrCl2O/c16-13-7-6-11(17)8-12(13)15(19)9-14(18)10-4-2-1-3-5-10/h1-9H/b14-9-. The number of rotatable bonds is 3. The van der Waals surface area contributed by atoms with Gasteiger partial charge in [0, 0.05) is 21.1 Å². The molecule has 1 nitrogen and oxygen atoms in total. The van der Waals surface area contributed by atoms with Gasteiger partial charge in [0.05, 0.1) is 5.03 Å². The quantitative estimate of drug-likeness (QED) is 0.520. The maximum absolute atomic E-state index is 12.2. The van der Waals surface area contributed by atoms with Gasteiger partial charge in [-0.1, -0.05) is 69.5 Å². The molecule has 0 saturated heterocycles. The smallest absolute Gasteiger partial charge is 0.188 e. The van der Waals surface area contributed by atoms with Gasteiger partial charge in [0.1, 0.15) is 0 Å². The molecule has 0 radical (unpaired) electrons. The molecular formula is C15H9BrCl2O. The van der Waals surface area contributed by atoms with Gasteiger partial charge in [-0.3, -0.25) is 4.79 Å². The SMILES string of the molecule is O=C(/C=C(\Cl)c1ccccc1)c1cc(Cl)ccc1Br. The number of carbonyl (C=O) groups excluding carboxylic acids is 1. The zero-order chi connectivity index (χ0) is 13.8. The first-order chi connectivity index (χ1) is 9.08. The van der Waals surface area contributed by atoms with Crippen LogP contribution in [0.2, 0.25) is 5.02 Å². The highest BCUT2D eigenvalue weighted by atomic mass is 79.9. The molecule has 0 aliphatic heterocycles. The lowest BCUT2D eigenvalue weighted by molar-refractivity contribution is 0.104. The van der Waals surface area contributed by atoms with Crippen LogP contribution in [0.1, 0.15) is 15.9 Å². The molecule has 0 fully saturated rings. The molecule has 2 rings (SSSR count). The topological polar surface area (TPSA) is 17.1 Å². The second-order valence-corrected chi connectivity index (χ2v) is 5.54. The minimum atomic E-state index is -0.191. The Kier molecular flexibility index (Phi) is 4.81. The van der Waals surface area contributed by atoms with Gasteiger partial charge >= 0.3 is 0 Å². The summed E-state index contributed by atoms with van der Waals surface area (Å²) in [6.45, 7) is 0. The van der Waals surface area contributed by atoms with Crippen molar-refractivity contribution in [3.8, 4) is 0 Å². The highest BCUT2D eigenvalue weighted by Crippen LogP contribution is 2.24. The summed E-state index contributed by atoms with van der Waals surface area (Å²) >= 11 is 15.3. The Bertz CT molecular complexity index is 636. The van der Waals surface area contributed by atoms with E-state index in [2.05, 4.69) is 15.9 Å². The lowest BCUT2D eigenvalue weighted by Gasteiger charge is -2.02. The third kappa shape index (κ3) is 3.69. The summed E-state index contributed by atoms with van der Waals surface area (Å²) in [7, 11) is 0. The highest BCUT2D eigenvalue weighted by molar-refractivity contribution is 9.10. The lowest BCUT2D eigenvalue weighted by Crippen LogP contribution is -1.96. The normalized spacial score (nSPS) is 11.4. The fourth-order valence-electron chi connectivity index (χ4n) is 1.56. The molecule has 4 heteroatoms. The van der Waals surface area contributed by atoms with Crippen LogP contribution in [0.25, 0.3) is 5.03 Å². The molecule has 0 saturated carbocycles. The number of halogens is 3. The Morgan fingerprint density at radius 2 is 1.79 bits per heavy atom. The summed E-state index contributed by atoms with van der Waals surface area (Å²) in [6.07, 6.45) is 1.40. The van der Waals surface area contributed by atoms with E-state index >= 15 is 0 Å². The van der Waals surface area contributed by atoms with Gasteiger partial charge in [0.15, 0.2) is 5.78 Å². The van der Waals surface area contributed by atoms with E-state index in [1.165, 1.54) is 6.08 Å². The van der Waals surface area contributed by atoms with Crippen LogP contribution < -0.4 is 0 Å². The molecule has 0 N–H and O–H groups in total. The molecule has 0 aliphatic carbocycles. The predicted octanol–water partition coefficient (Wildman–Crippen LogP) is 5.57. The van der Waals surface area contributed by atoms with Crippen molar-refractivity contribution >= 4 is 49.9 Å². The molecule has 0 unspecified atom stereocenters. The number of ketones is 1. The summed E-state index contributed by atoms with van der Waals surface area (Å²) in [5.41, 5.74) is 1.29. The van der Waals surface area contributed by atoms with Crippen molar-refractivity contribution in [2.24, 2.45) is 0 Å². The van der Waals surface area contributed by atoms with Crippen LogP contribution in [0.3, 0.4) is 0 Å². The van der Waals surface area contributed by atoms with Crippen LogP contribution >= 0.6 is 39.1 Å². The zero-order valence-corrected chi connectivity index (χ0v) is 12.8. The van der Waals surface area contributed by atoms with Crippen LogP contribution in [-0.2, 0) is 0 Å². The van der Waals surface area contributed by atoms with E-state index in [9.17, 15) is 4.79 Å². The molecule has 0 atom stereocenters. The molecule has 0 heterocycles. The van der Waals surface area contributed by atoms with E-state index in [4.69, 9.17) is 23.2 Å². The van der Waals surface area contributed by atoms with Crippen molar-refractivity contribution in [1.82, 2.24) is 0 Å². The second-order valence-electron chi connectivity index (χ2n) is 3.85. The largest absolute Gasteiger partial charge is 0.289 e. The maximum Gasteiger partial charge on any atom is 0.188 e. The first-order valence-corrected chi connectivity index (χ1v) is 7.05.